The number of carbonyl (C=O) groups is 1. The Morgan fingerprint density at radius 2 is 1.70 bits per heavy atom. The summed E-state index contributed by atoms with van der Waals surface area (Å²) in [6, 6.07) is 14.9. The first-order valence-electron chi connectivity index (χ1n) is 8.43. The number of anilines is 1. The van der Waals surface area contributed by atoms with E-state index in [0.29, 0.717) is 10.9 Å². The Hall–Kier alpha value is -3.21. The third kappa shape index (κ3) is 3.56. The van der Waals surface area contributed by atoms with Crippen LogP contribution in [-0.2, 0) is 9.84 Å². The number of rotatable bonds is 3. The van der Waals surface area contributed by atoms with Crippen LogP contribution >= 0.6 is 22.9 Å². The summed E-state index contributed by atoms with van der Waals surface area (Å²) in [7, 11) is -4.24. The van der Waals surface area contributed by atoms with Crippen LogP contribution in [0.2, 0.25) is 4.34 Å². The highest BCUT2D eigenvalue weighted by Crippen LogP contribution is 2.27. The van der Waals surface area contributed by atoms with E-state index in [0.717, 1.165) is 15.9 Å². The number of hydrogen-bond donors (Lipinski definition) is 2. The summed E-state index contributed by atoms with van der Waals surface area (Å²) in [4.78, 5) is 39.9. The third-order valence-corrected chi connectivity index (χ3v) is 7.42. The van der Waals surface area contributed by atoms with Crippen molar-refractivity contribution < 1.29 is 13.2 Å². The van der Waals surface area contributed by atoms with Gasteiger partial charge in [-0.15, -0.1) is 11.3 Å². The molecule has 0 aliphatic rings. The summed E-state index contributed by atoms with van der Waals surface area (Å²) in [6.07, 6.45) is 0. The van der Waals surface area contributed by atoms with Crippen molar-refractivity contribution in [3.63, 3.8) is 0 Å². The predicted octanol–water partition coefficient (Wildman–Crippen LogP) is 3.40. The Kier molecular flexibility index (Phi) is 5.06. The number of nitrogens with zero attached hydrogens (tertiary/aromatic N) is 1. The van der Waals surface area contributed by atoms with E-state index in [9.17, 15) is 22.8 Å². The molecule has 0 bridgehead atoms. The molecule has 0 saturated carbocycles. The molecular formula is C19H12ClN3O5S2. The standard InChI is InChI=1S/C19H12ClN3O5S2/c20-15-9-10-16(29-15)30(27,28)19(26)21-11-5-7-12(8-6-11)23-17(24)13-3-1-2-4-14(13)22-18(23)25/h1-10H,(H,21,26)(H,22,25). The Bertz CT molecular complexity index is 1500. The van der Waals surface area contributed by atoms with Crippen molar-refractivity contribution >= 4 is 54.6 Å². The van der Waals surface area contributed by atoms with Gasteiger partial charge in [0.15, 0.2) is 0 Å². The summed E-state index contributed by atoms with van der Waals surface area (Å²) in [5, 5.41) is 1.42. The number of amides is 1. The number of aromatic nitrogens is 2. The zero-order valence-corrected chi connectivity index (χ0v) is 17.3. The second-order valence-electron chi connectivity index (χ2n) is 6.14. The quantitative estimate of drug-likeness (QED) is 0.484. The van der Waals surface area contributed by atoms with Crippen molar-refractivity contribution in [2.45, 2.75) is 4.21 Å². The molecule has 1 amide bonds. The monoisotopic (exact) mass is 461 g/mol. The highest BCUT2D eigenvalue weighted by Gasteiger charge is 2.26. The van der Waals surface area contributed by atoms with Gasteiger partial charge in [-0.05, 0) is 48.5 Å². The normalized spacial score (nSPS) is 11.5. The minimum Gasteiger partial charge on any atom is -0.312 e. The van der Waals surface area contributed by atoms with E-state index in [1.54, 1.807) is 24.3 Å². The maximum absolute atomic E-state index is 12.7. The summed E-state index contributed by atoms with van der Waals surface area (Å²) >= 11 is 6.51. The summed E-state index contributed by atoms with van der Waals surface area (Å²) in [5.41, 5.74) is -0.249. The van der Waals surface area contributed by atoms with Crippen LogP contribution in [0.3, 0.4) is 0 Å². The van der Waals surface area contributed by atoms with Crippen LogP contribution in [-0.4, -0.2) is 23.2 Å². The molecule has 0 radical (unpaired) electrons. The Morgan fingerprint density at radius 3 is 2.37 bits per heavy atom. The largest absolute Gasteiger partial charge is 0.346 e. The molecular weight excluding hydrogens is 450 g/mol. The zero-order chi connectivity index (χ0) is 21.5. The molecule has 4 rings (SSSR count). The molecule has 0 aliphatic carbocycles. The van der Waals surface area contributed by atoms with Gasteiger partial charge in [0.05, 0.1) is 20.9 Å². The van der Waals surface area contributed by atoms with Crippen molar-refractivity contribution in [3.8, 4) is 5.69 Å². The van der Waals surface area contributed by atoms with Crippen LogP contribution in [0.15, 0.2) is 74.5 Å². The molecule has 8 nitrogen and oxygen atoms in total. The second-order valence-corrected chi connectivity index (χ2v) is 9.93. The minimum atomic E-state index is -4.24. The number of fused-ring (bicyclic) bond motifs is 1. The lowest BCUT2D eigenvalue weighted by atomic mass is 10.2. The van der Waals surface area contributed by atoms with E-state index >= 15 is 0 Å². The maximum Gasteiger partial charge on any atom is 0.346 e. The van der Waals surface area contributed by atoms with E-state index in [2.05, 4.69) is 10.3 Å². The van der Waals surface area contributed by atoms with Crippen LogP contribution in [0.1, 0.15) is 0 Å². The highest BCUT2D eigenvalue weighted by atomic mass is 35.5. The summed E-state index contributed by atoms with van der Waals surface area (Å²) in [6.45, 7) is 0. The topological polar surface area (TPSA) is 118 Å². The zero-order valence-electron chi connectivity index (χ0n) is 15.0. The molecule has 0 atom stereocenters. The molecule has 4 aromatic rings. The Balaban J connectivity index is 1.64. The Labute approximate surface area is 178 Å². The number of aromatic amines is 1. The van der Waals surface area contributed by atoms with Crippen LogP contribution in [0.4, 0.5) is 10.5 Å². The lowest BCUT2D eigenvalue weighted by Crippen LogP contribution is -2.33. The van der Waals surface area contributed by atoms with E-state index in [4.69, 9.17) is 11.6 Å². The smallest absolute Gasteiger partial charge is 0.312 e. The number of halogens is 1. The molecule has 0 fully saturated rings. The Morgan fingerprint density at radius 1 is 1.00 bits per heavy atom. The van der Waals surface area contributed by atoms with Gasteiger partial charge in [0.25, 0.3) is 15.4 Å². The number of benzene rings is 2. The summed E-state index contributed by atoms with van der Waals surface area (Å²) < 4.78 is 25.6. The fraction of sp³-hybridized carbons (Fsp3) is 0. The number of hydrogen-bond acceptors (Lipinski definition) is 6. The first kappa shape index (κ1) is 20.1. The third-order valence-electron chi connectivity index (χ3n) is 4.23. The average Bonchev–Trinajstić information content (AvgIpc) is 3.16. The fourth-order valence-electron chi connectivity index (χ4n) is 2.81. The maximum atomic E-state index is 12.7. The van der Waals surface area contributed by atoms with Crippen molar-refractivity contribution in [2.24, 2.45) is 0 Å². The first-order chi connectivity index (χ1) is 14.3. The van der Waals surface area contributed by atoms with Gasteiger partial charge in [-0.1, -0.05) is 23.7 Å². The van der Waals surface area contributed by atoms with E-state index < -0.39 is 26.3 Å². The SMILES string of the molecule is O=C(Nc1ccc(-n2c(=O)[nH]c3ccccc3c2=O)cc1)S(=O)(=O)c1ccc(Cl)s1. The van der Waals surface area contributed by atoms with Gasteiger partial charge in [0.2, 0.25) is 0 Å². The molecule has 2 aromatic carbocycles. The molecule has 0 spiro atoms. The number of sulfone groups is 1. The lowest BCUT2D eigenvalue weighted by molar-refractivity contribution is 0.267. The molecule has 152 valence electrons. The molecule has 11 heteroatoms. The number of thiophene rings is 1. The van der Waals surface area contributed by atoms with Crippen molar-refractivity contribution in [3.05, 3.63) is 85.8 Å². The number of nitrogens with one attached hydrogen (secondary N) is 2. The molecule has 2 N–H and O–H groups in total. The first-order valence-corrected chi connectivity index (χ1v) is 11.1. The van der Waals surface area contributed by atoms with Gasteiger partial charge < -0.3 is 10.3 Å². The van der Waals surface area contributed by atoms with Crippen molar-refractivity contribution in [1.82, 2.24) is 9.55 Å². The predicted molar refractivity (Wildman–Crippen MR) is 116 cm³/mol. The average molecular weight is 462 g/mol. The van der Waals surface area contributed by atoms with Crippen molar-refractivity contribution in [2.75, 3.05) is 5.32 Å². The van der Waals surface area contributed by atoms with E-state index in [-0.39, 0.29) is 19.9 Å². The lowest BCUT2D eigenvalue weighted by Gasteiger charge is -2.08. The summed E-state index contributed by atoms with van der Waals surface area (Å²) in [5.74, 6) is 0. The molecule has 0 saturated heterocycles. The molecule has 2 aromatic heterocycles. The van der Waals surface area contributed by atoms with Crippen LogP contribution in [0.5, 0.6) is 0 Å². The van der Waals surface area contributed by atoms with Gasteiger partial charge in [-0.25, -0.2) is 17.8 Å². The highest BCUT2D eigenvalue weighted by molar-refractivity contribution is 8.07. The van der Waals surface area contributed by atoms with Crippen molar-refractivity contribution in [1.29, 1.82) is 0 Å². The number of H-pyrrole nitrogens is 1. The number of carbonyl (C=O) groups excluding carboxylic acids is 1. The van der Waals surface area contributed by atoms with Gasteiger partial charge in [0, 0.05) is 5.69 Å². The van der Waals surface area contributed by atoms with Gasteiger partial charge >= 0.3 is 10.9 Å². The fourth-order valence-corrected chi connectivity index (χ4v) is 5.34. The van der Waals surface area contributed by atoms with Crippen LogP contribution < -0.4 is 16.6 Å². The molecule has 2 heterocycles. The van der Waals surface area contributed by atoms with Gasteiger partial charge in [-0.2, -0.15) is 0 Å². The van der Waals surface area contributed by atoms with Gasteiger partial charge in [0.1, 0.15) is 4.21 Å². The van der Waals surface area contributed by atoms with E-state index in [1.807, 2.05) is 0 Å². The van der Waals surface area contributed by atoms with Crippen LogP contribution in [0, 0.1) is 0 Å². The van der Waals surface area contributed by atoms with Gasteiger partial charge in [-0.3, -0.25) is 9.59 Å². The second kappa shape index (κ2) is 7.56. The van der Waals surface area contributed by atoms with E-state index in [1.165, 1.54) is 36.4 Å². The van der Waals surface area contributed by atoms with Crippen LogP contribution in [0.25, 0.3) is 16.6 Å². The molecule has 0 aliphatic heterocycles. The minimum absolute atomic E-state index is 0.170. The molecule has 30 heavy (non-hydrogen) atoms. The molecule has 0 unspecified atom stereocenters. The number of para-hydroxylation sites is 1.